The Balaban J connectivity index is 1.44. The van der Waals surface area contributed by atoms with Crippen LogP contribution in [0.2, 0.25) is 0 Å². The van der Waals surface area contributed by atoms with Gasteiger partial charge in [-0.1, -0.05) is 0 Å². The quantitative estimate of drug-likeness (QED) is 0.819. The minimum Gasteiger partial charge on any atom is -0.343 e. The van der Waals surface area contributed by atoms with Crippen molar-refractivity contribution in [3.05, 3.63) is 11.6 Å². The first-order valence-electron chi connectivity index (χ1n) is 9.02. The van der Waals surface area contributed by atoms with Crippen molar-refractivity contribution in [1.82, 2.24) is 24.6 Å². The summed E-state index contributed by atoms with van der Waals surface area (Å²) in [6.45, 7) is 6.43. The second-order valence-corrected chi connectivity index (χ2v) is 7.47. The second-order valence-electron chi connectivity index (χ2n) is 7.47. The van der Waals surface area contributed by atoms with E-state index in [1.54, 1.807) is 6.92 Å². The van der Waals surface area contributed by atoms with Crippen LogP contribution in [-0.2, 0) is 16.1 Å². The van der Waals surface area contributed by atoms with Crippen LogP contribution in [0.15, 0.2) is 0 Å². The van der Waals surface area contributed by atoms with E-state index >= 15 is 0 Å². The molecule has 0 aromatic carbocycles. The first-order valence-corrected chi connectivity index (χ1v) is 9.02. The van der Waals surface area contributed by atoms with Crippen LogP contribution in [0.25, 0.3) is 0 Å². The summed E-state index contributed by atoms with van der Waals surface area (Å²) in [6, 6.07) is 0.237. The van der Waals surface area contributed by atoms with Crippen LogP contribution in [0.4, 0.5) is 0 Å². The summed E-state index contributed by atoms with van der Waals surface area (Å²) in [4.78, 5) is 28.1. The molecule has 1 aromatic rings. The van der Waals surface area contributed by atoms with E-state index in [1.165, 1.54) is 12.8 Å². The Morgan fingerprint density at radius 1 is 1.04 bits per heavy atom. The molecule has 1 aliphatic carbocycles. The summed E-state index contributed by atoms with van der Waals surface area (Å²) in [5, 5.41) is 8.72. The predicted molar refractivity (Wildman–Crippen MR) is 87.1 cm³/mol. The molecule has 7 heteroatoms. The van der Waals surface area contributed by atoms with Gasteiger partial charge >= 0.3 is 0 Å². The van der Waals surface area contributed by atoms with Crippen molar-refractivity contribution in [2.75, 3.05) is 19.6 Å². The van der Waals surface area contributed by atoms with E-state index in [2.05, 4.69) is 21.7 Å². The Labute approximate surface area is 142 Å². The SMILES string of the molecule is CC(=O)N1CCC(C(=O)N2Cc3nnc(C4CC4)n3[C@@H](C)C2)CC1. The van der Waals surface area contributed by atoms with Gasteiger partial charge in [-0.3, -0.25) is 9.59 Å². The number of aromatic nitrogens is 3. The maximum atomic E-state index is 12.9. The third-order valence-electron chi connectivity index (χ3n) is 5.59. The first-order chi connectivity index (χ1) is 11.5. The Morgan fingerprint density at radius 3 is 2.38 bits per heavy atom. The smallest absolute Gasteiger partial charge is 0.226 e. The molecule has 24 heavy (non-hydrogen) atoms. The summed E-state index contributed by atoms with van der Waals surface area (Å²) in [6.07, 6.45) is 3.96. The Kier molecular flexibility index (Phi) is 3.81. The first kappa shape index (κ1) is 15.6. The largest absolute Gasteiger partial charge is 0.343 e. The summed E-state index contributed by atoms with van der Waals surface area (Å²) in [5.74, 6) is 2.96. The van der Waals surface area contributed by atoms with Gasteiger partial charge in [0.05, 0.1) is 12.6 Å². The van der Waals surface area contributed by atoms with Crippen LogP contribution < -0.4 is 0 Å². The number of fused-ring (bicyclic) bond motifs is 1. The van der Waals surface area contributed by atoms with E-state index in [-0.39, 0.29) is 23.8 Å². The zero-order valence-electron chi connectivity index (χ0n) is 14.4. The fraction of sp³-hybridized carbons (Fsp3) is 0.765. The lowest BCUT2D eigenvalue weighted by Crippen LogP contribution is -2.47. The van der Waals surface area contributed by atoms with Crippen molar-refractivity contribution in [2.24, 2.45) is 5.92 Å². The third-order valence-corrected chi connectivity index (χ3v) is 5.59. The lowest BCUT2D eigenvalue weighted by molar-refractivity contribution is -0.141. The van der Waals surface area contributed by atoms with Crippen molar-refractivity contribution in [3.8, 4) is 0 Å². The number of amides is 2. The number of nitrogens with zero attached hydrogens (tertiary/aromatic N) is 5. The molecule has 0 radical (unpaired) electrons. The molecule has 0 unspecified atom stereocenters. The van der Waals surface area contributed by atoms with E-state index in [9.17, 15) is 9.59 Å². The molecule has 1 saturated carbocycles. The molecule has 1 atom stereocenters. The van der Waals surface area contributed by atoms with Crippen LogP contribution in [-0.4, -0.2) is 56.0 Å². The van der Waals surface area contributed by atoms with Crippen molar-refractivity contribution in [3.63, 3.8) is 0 Å². The minimum absolute atomic E-state index is 0.0326. The molecule has 130 valence electrons. The number of carbonyl (C=O) groups excluding carboxylic acids is 2. The minimum atomic E-state index is 0.0326. The van der Waals surface area contributed by atoms with E-state index in [1.807, 2.05) is 9.80 Å². The lowest BCUT2D eigenvalue weighted by atomic mass is 9.94. The summed E-state index contributed by atoms with van der Waals surface area (Å²) in [7, 11) is 0. The normalized spacial score (nSPS) is 24.8. The highest BCUT2D eigenvalue weighted by atomic mass is 16.2. The Morgan fingerprint density at radius 2 is 1.75 bits per heavy atom. The fourth-order valence-electron chi connectivity index (χ4n) is 4.05. The Hall–Kier alpha value is -1.92. The summed E-state index contributed by atoms with van der Waals surface area (Å²) in [5.41, 5.74) is 0. The number of piperidine rings is 1. The molecule has 2 aliphatic heterocycles. The van der Waals surface area contributed by atoms with Crippen LogP contribution >= 0.6 is 0 Å². The van der Waals surface area contributed by atoms with E-state index < -0.39 is 0 Å². The van der Waals surface area contributed by atoms with Gasteiger partial charge in [-0.2, -0.15) is 0 Å². The lowest BCUT2D eigenvalue weighted by Gasteiger charge is -2.37. The van der Waals surface area contributed by atoms with Crippen molar-refractivity contribution < 1.29 is 9.59 Å². The van der Waals surface area contributed by atoms with Crippen molar-refractivity contribution in [2.45, 2.75) is 58.0 Å². The molecule has 0 bridgehead atoms. The van der Waals surface area contributed by atoms with Gasteiger partial charge < -0.3 is 14.4 Å². The Bertz CT molecular complexity index is 658. The molecule has 3 aliphatic rings. The van der Waals surface area contributed by atoms with Gasteiger partial charge in [0.2, 0.25) is 11.8 Å². The molecule has 7 nitrogen and oxygen atoms in total. The van der Waals surface area contributed by atoms with E-state index in [0.717, 1.165) is 31.0 Å². The zero-order chi connectivity index (χ0) is 16.8. The van der Waals surface area contributed by atoms with Gasteiger partial charge in [0.15, 0.2) is 5.82 Å². The number of carbonyl (C=O) groups is 2. The van der Waals surface area contributed by atoms with Gasteiger partial charge in [-0.05, 0) is 32.6 Å². The predicted octanol–water partition coefficient (Wildman–Crippen LogP) is 1.32. The molecular formula is C17H25N5O2. The highest BCUT2D eigenvalue weighted by Gasteiger charge is 2.37. The summed E-state index contributed by atoms with van der Waals surface area (Å²) < 4.78 is 2.25. The van der Waals surface area contributed by atoms with Gasteiger partial charge in [0.1, 0.15) is 5.82 Å². The molecule has 4 rings (SSSR count). The average Bonchev–Trinajstić information content (AvgIpc) is 3.33. The number of likely N-dealkylation sites (tertiary alicyclic amines) is 1. The number of hydrogen-bond donors (Lipinski definition) is 0. The average molecular weight is 331 g/mol. The maximum absolute atomic E-state index is 12.9. The zero-order valence-corrected chi connectivity index (χ0v) is 14.4. The number of rotatable bonds is 2. The maximum Gasteiger partial charge on any atom is 0.226 e. The standard InChI is InChI=1S/C17H25N5O2/c1-11-9-21(10-15-18-19-16(22(11)15)13-3-4-13)17(24)14-5-7-20(8-6-14)12(2)23/h11,13-14H,3-10H2,1-2H3/t11-/m0/s1. The number of hydrogen-bond acceptors (Lipinski definition) is 4. The van der Waals surface area contributed by atoms with Gasteiger partial charge in [-0.15, -0.1) is 10.2 Å². The fourth-order valence-corrected chi connectivity index (χ4v) is 4.05. The summed E-state index contributed by atoms with van der Waals surface area (Å²) >= 11 is 0. The van der Waals surface area contributed by atoms with Crippen LogP contribution in [0, 0.1) is 5.92 Å². The molecule has 1 saturated heterocycles. The molecule has 0 spiro atoms. The third kappa shape index (κ3) is 2.70. The van der Waals surface area contributed by atoms with Gasteiger partial charge in [0.25, 0.3) is 0 Å². The van der Waals surface area contributed by atoms with Crippen LogP contribution in [0.1, 0.15) is 63.1 Å². The van der Waals surface area contributed by atoms with Crippen LogP contribution in [0.5, 0.6) is 0 Å². The highest BCUT2D eigenvalue weighted by molar-refractivity contribution is 5.80. The van der Waals surface area contributed by atoms with E-state index in [4.69, 9.17) is 0 Å². The molecule has 3 heterocycles. The molecule has 1 aromatic heterocycles. The highest BCUT2D eigenvalue weighted by Crippen LogP contribution is 2.41. The monoisotopic (exact) mass is 331 g/mol. The topological polar surface area (TPSA) is 71.3 Å². The molecule has 2 amide bonds. The van der Waals surface area contributed by atoms with E-state index in [0.29, 0.717) is 25.6 Å². The van der Waals surface area contributed by atoms with Crippen LogP contribution in [0.3, 0.4) is 0 Å². The van der Waals surface area contributed by atoms with Gasteiger partial charge in [-0.25, -0.2) is 0 Å². The molecule has 0 N–H and O–H groups in total. The van der Waals surface area contributed by atoms with Gasteiger partial charge in [0, 0.05) is 38.4 Å². The molecular weight excluding hydrogens is 306 g/mol. The van der Waals surface area contributed by atoms with Crippen molar-refractivity contribution in [1.29, 1.82) is 0 Å². The second kappa shape index (κ2) is 5.86. The molecule has 2 fully saturated rings. The van der Waals surface area contributed by atoms with Crippen molar-refractivity contribution >= 4 is 11.8 Å².